The van der Waals surface area contributed by atoms with Crippen LogP contribution in [0.5, 0.6) is 0 Å². The number of rotatable bonds is 5. The lowest BCUT2D eigenvalue weighted by Gasteiger charge is -2.40. The molecule has 3 N–H and O–H groups in total. The molecule has 1 aromatic carbocycles. The Bertz CT molecular complexity index is 1140. The highest BCUT2D eigenvalue weighted by molar-refractivity contribution is 8.45. The van der Waals surface area contributed by atoms with E-state index in [2.05, 4.69) is 26.3 Å². The van der Waals surface area contributed by atoms with Gasteiger partial charge in [-0.25, -0.2) is 9.67 Å². The standard InChI is InChI=1S/C17H16F8N6O2S/c18-17(19,20)12-5-11(6-13(7-12)34(21,22,23,24)25)15-27-9-31(30-15)4-2-14(32)28-29-16(33)10-1-3-26-8-10/h2,4-7,9-10,26H,1,3,8H2,(H,28,32)(H,29,33)/b4-2-. The summed E-state index contributed by atoms with van der Waals surface area (Å²) in [6.45, 7) is 1.09. The van der Waals surface area contributed by atoms with Crippen molar-refractivity contribution >= 4 is 28.2 Å². The van der Waals surface area contributed by atoms with Gasteiger partial charge < -0.3 is 5.32 Å². The highest BCUT2D eigenvalue weighted by Crippen LogP contribution is 3.02. The van der Waals surface area contributed by atoms with Crippen LogP contribution in [0.4, 0.5) is 32.6 Å². The smallest absolute Gasteiger partial charge is 0.316 e. The third kappa shape index (κ3) is 6.43. The highest BCUT2D eigenvalue weighted by Gasteiger charge is 2.66. The molecule has 0 bridgehead atoms. The van der Waals surface area contributed by atoms with Gasteiger partial charge in [-0.15, -0.1) is 5.10 Å². The van der Waals surface area contributed by atoms with Gasteiger partial charge in [-0.3, -0.25) is 20.4 Å². The van der Waals surface area contributed by atoms with Gasteiger partial charge in [0.15, 0.2) is 5.82 Å². The SMILES string of the molecule is O=C(/C=C\n1cnc(-c2cc(C(F)(F)F)cc(S(F)(F)(F)(F)F)c2)n1)NNC(=O)C1CCNC1. The fraction of sp³-hybridized carbons (Fsp3) is 0.294. The second kappa shape index (κ2) is 7.93. The number of hydrogen-bond acceptors (Lipinski definition) is 5. The Kier molecular flexibility index (Phi) is 5.93. The normalized spacial score (nSPS) is 19.0. The fourth-order valence-corrected chi connectivity index (χ4v) is 3.58. The molecule has 1 aliphatic heterocycles. The molecule has 1 atom stereocenters. The maximum Gasteiger partial charge on any atom is 0.416 e. The molecule has 0 radical (unpaired) electrons. The van der Waals surface area contributed by atoms with Crippen LogP contribution in [0, 0.1) is 5.92 Å². The zero-order valence-electron chi connectivity index (χ0n) is 16.8. The third-order valence-corrected chi connectivity index (χ3v) is 5.69. The van der Waals surface area contributed by atoms with Crippen LogP contribution >= 0.6 is 10.2 Å². The lowest BCUT2D eigenvalue weighted by atomic mass is 10.1. The van der Waals surface area contributed by atoms with Crippen molar-refractivity contribution in [1.82, 2.24) is 30.9 Å². The number of amides is 2. The van der Waals surface area contributed by atoms with E-state index in [1.165, 1.54) is 0 Å². The van der Waals surface area contributed by atoms with Crippen molar-refractivity contribution in [1.29, 1.82) is 0 Å². The summed E-state index contributed by atoms with van der Waals surface area (Å²) < 4.78 is 106. The molecule has 34 heavy (non-hydrogen) atoms. The van der Waals surface area contributed by atoms with Crippen molar-refractivity contribution in [3.05, 3.63) is 36.2 Å². The number of nitrogens with zero attached hydrogens (tertiary/aromatic N) is 3. The van der Waals surface area contributed by atoms with E-state index < -0.39 is 56.1 Å². The molecule has 2 heterocycles. The monoisotopic (exact) mass is 520 g/mol. The summed E-state index contributed by atoms with van der Waals surface area (Å²) in [5.74, 6) is -2.33. The van der Waals surface area contributed by atoms with Crippen LogP contribution in [-0.4, -0.2) is 39.7 Å². The Morgan fingerprint density at radius 3 is 2.41 bits per heavy atom. The van der Waals surface area contributed by atoms with Crippen molar-refractivity contribution in [3.63, 3.8) is 0 Å². The van der Waals surface area contributed by atoms with Crippen LogP contribution in [0.15, 0.2) is 35.5 Å². The minimum Gasteiger partial charge on any atom is -0.316 e. The van der Waals surface area contributed by atoms with Gasteiger partial charge in [-0.2, -0.15) is 13.2 Å². The fourth-order valence-electron chi connectivity index (χ4n) is 2.88. The average molecular weight is 520 g/mol. The molecular formula is C17H16F8N6O2S. The molecule has 0 saturated carbocycles. The number of aromatic nitrogens is 3. The molecule has 1 unspecified atom stereocenters. The Hall–Kier alpha value is -3.21. The lowest BCUT2D eigenvalue weighted by molar-refractivity contribution is -0.137. The number of alkyl halides is 3. The molecule has 2 aromatic rings. The van der Waals surface area contributed by atoms with Crippen molar-refractivity contribution < 1.29 is 42.2 Å². The molecule has 188 valence electrons. The summed E-state index contributed by atoms with van der Waals surface area (Å²) in [4.78, 5) is 24.3. The van der Waals surface area contributed by atoms with Crippen LogP contribution in [0.25, 0.3) is 17.6 Å². The minimum atomic E-state index is -10.5. The van der Waals surface area contributed by atoms with E-state index in [1.807, 2.05) is 0 Å². The van der Waals surface area contributed by atoms with Crippen molar-refractivity contribution in [3.8, 4) is 11.4 Å². The molecule has 1 saturated heterocycles. The summed E-state index contributed by atoms with van der Waals surface area (Å²) in [7, 11) is -10.5. The number of hydrogen-bond donors (Lipinski definition) is 3. The average Bonchev–Trinajstić information content (AvgIpc) is 3.40. The number of benzene rings is 1. The third-order valence-electron chi connectivity index (χ3n) is 4.56. The maximum absolute atomic E-state index is 13.2. The van der Waals surface area contributed by atoms with Crippen molar-refractivity contribution in [2.75, 3.05) is 13.1 Å². The van der Waals surface area contributed by atoms with Crippen LogP contribution in [0.2, 0.25) is 0 Å². The number of halogens is 8. The van der Waals surface area contributed by atoms with Gasteiger partial charge >= 0.3 is 16.4 Å². The van der Waals surface area contributed by atoms with Gasteiger partial charge in [-0.05, 0) is 31.2 Å². The van der Waals surface area contributed by atoms with E-state index in [0.29, 0.717) is 19.5 Å². The van der Waals surface area contributed by atoms with E-state index in [4.69, 9.17) is 0 Å². The largest absolute Gasteiger partial charge is 0.416 e. The lowest BCUT2D eigenvalue weighted by Crippen LogP contribution is -2.44. The molecule has 1 fully saturated rings. The Labute approximate surface area is 186 Å². The number of nitrogens with one attached hydrogen (secondary N) is 3. The topological polar surface area (TPSA) is 101 Å². The molecule has 1 aromatic heterocycles. The molecule has 2 amide bonds. The zero-order chi connectivity index (χ0) is 25.4. The van der Waals surface area contributed by atoms with E-state index in [0.717, 1.165) is 23.3 Å². The summed E-state index contributed by atoms with van der Waals surface area (Å²) in [5, 5.41) is 6.54. The minimum absolute atomic E-state index is 0.180. The first kappa shape index (κ1) is 25.4. The van der Waals surface area contributed by atoms with Crippen LogP contribution in [0.1, 0.15) is 12.0 Å². The van der Waals surface area contributed by atoms with E-state index in [-0.39, 0.29) is 18.1 Å². The number of carbonyl (C=O) groups excluding carboxylic acids is 2. The predicted octanol–water partition coefficient (Wildman–Crippen LogP) is 3.85. The molecule has 3 rings (SSSR count). The van der Waals surface area contributed by atoms with Crippen LogP contribution in [-0.2, 0) is 15.8 Å². The molecule has 0 aliphatic carbocycles. The van der Waals surface area contributed by atoms with Crippen molar-refractivity contribution in [2.45, 2.75) is 17.5 Å². The van der Waals surface area contributed by atoms with Crippen LogP contribution in [0.3, 0.4) is 0 Å². The molecule has 0 spiro atoms. The first-order valence-corrected chi connectivity index (χ1v) is 11.2. The van der Waals surface area contributed by atoms with Crippen LogP contribution < -0.4 is 16.2 Å². The summed E-state index contributed by atoms with van der Waals surface area (Å²) in [5.41, 5.74) is 1.33. The molecule has 1 aliphatic rings. The molecule has 17 heteroatoms. The van der Waals surface area contributed by atoms with Gasteiger partial charge in [0.1, 0.15) is 11.2 Å². The Morgan fingerprint density at radius 1 is 1.12 bits per heavy atom. The summed E-state index contributed by atoms with van der Waals surface area (Å²) in [6, 6.07) is -0.668. The van der Waals surface area contributed by atoms with Gasteiger partial charge in [0.05, 0.1) is 11.5 Å². The maximum atomic E-state index is 13.2. The van der Waals surface area contributed by atoms with E-state index in [9.17, 15) is 42.2 Å². The first-order chi connectivity index (χ1) is 15.4. The molecule has 8 nitrogen and oxygen atoms in total. The van der Waals surface area contributed by atoms with E-state index in [1.54, 1.807) is 0 Å². The van der Waals surface area contributed by atoms with Gasteiger partial charge in [0.25, 0.3) is 5.91 Å². The number of carbonyl (C=O) groups is 2. The second-order valence-electron chi connectivity index (χ2n) is 7.24. The van der Waals surface area contributed by atoms with E-state index >= 15 is 0 Å². The zero-order valence-corrected chi connectivity index (χ0v) is 17.6. The van der Waals surface area contributed by atoms with Crippen molar-refractivity contribution in [2.24, 2.45) is 5.92 Å². The molecular weight excluding hydrogens is 504 g/mol. The summed E-state index contributed by atoms with van der Waals surface area (Å²) in [6.07, 6.45) is -2.19. The quantitative estimate of drug-likeness (QED) is 0.316. The Balaban J connectivity index is 1.78. The van der Waals surface area contributed by atoms with Gasteiger partial charge in [0.2, 0.25) is 5.91 Å². The Morgan fingerprint density at radius 2 is 1.82 bits per heavy atom. The predicted molar refractivity (Wildman–Crippen MR) is 104 cm³/mol. The number of hydrazine groups is 1. The van der Waals surface area contributed by atoms with Gasteiger partial charge in [-0.1, -0.05) is 19.4 Å². The first-order valence-electron chi connectivity index (χ1n) is 9.29. The van der Waals surface area contributed by atoms with Gasteiger partial charge in [0, 0.05) is 24.4 Å². The highest BCUT2D eigenvalue weighted by atomic mass is 32.5. The second-order valence-corrected chi connectivity index (χ2v) is 9.65. The summed E-state index contributed by atoms with van der Waals surface area (Å²) >= 11 is 0.